The van der Waals surface area contributed by atoms with Crippen molar-refractivity contribution in [3.8, 4) is 0 Å². The third-order valence-electron chi connectivity index (χ3n) is 1.86. The van der Waals surface area contributed by atoms with Crippen LogP contribution in [0.4, 0.5) is 0 Å². The number of aldehydes is 1. The van der Waals surface area contributed by atoms with E-state index < -0.39 is 11.6 Å². The van der Waals surface area contributed by atoms with Crippen LogP contribution in [-0.4, -0.2) is 17.9 Å². The monoisotopic (exact) mass is 318 g/mol. The molecule has 0 amide bonds. The second-order valence-electron chi connectivity index (χ2n) is 4.44. The molecule has 0 saturated heterocycles. The second-order valence-corrected chi connectivity index (χ2v) is 5.67. The molecule has 1 aromatic carbocycles. The smallest absolute Gasteiger partial charge is 0.340 e. The van der Waals surface area contributed by atoms with Crippen LogP contribution in [0, 0.1) is 0 Å². The van der Waals surface area contributed by atoms with E-state index in [2.05, 4.69) is 15.9 Å². The van der Waals surface area contributed by atoms with Crippen molar-refractivity contribution in [2.24, 2.45) is 0 Å². The van der Waals surface area contributed by atoms with Gasteiger partial charge in [-0.1, -0.05) is 27.5 Å². The molecule has 1 aromatic rings. The van der Waals surface area contributed by atoms with E-state index in [1.807, 2.05) is 0 Å². The van der Waals surface area contributed by atoms with Gasteiger partial charge < -0.3 is 4.74 Å². The van der Waals surface area contributed by atoms with Gasteiger partial charge in [0.1, 0.15) is 5.60 Å². The van der Waals surface area contributed by atoms with Crippen LogP contribution < -0.4 is 0 Å². The highest BCUT2D eigenvalue weighted by Crippen LogP contribution is 2.28. The molecule has 0 fully saturated rings. The third kappa shape index (κ3) is 3.54. The summed E-state index contributed by atoms with van der Waals surface area (Å²) in [6.45, 7) is 5.29. The maximum Gasteiger partial charge on any atom is 0.340 e. The van der Waals surface area contributed by atoms with Gasteiger partial charge in [0, 0.05) is 10.0 Å². The van der Waals surface area contributed by atoms with Gasteiger partial charge in [-0.3, -0.25) is 4.79 Å². The van der Waals surface area contributed by atoms with Crippen LogP contribution in [0.15, 0.2) is 16.6 Å². The Balaban J connectivity index is 3.16. The number of rotatable bonds is 2. The average molecular weight is 320 g/mol. The van der Waals surface area contributed by atoms with Gasteiger partial charge in [-0.05, 0) is 32.9 Å². The number of halogens is 2. The van der Waals surface area contributed by atoms with E-state index in [9.17, 15) is 9.59 Å². The number of benzene rings is 1. The van der Waals surface area contributed by atoms with Gasteiger partial charge in [0.15, 0.2) is 6.29 Å². The number of hydrogen-bond donors (Lipinski definition) is 0. The zero-order valence-corrected chi connectivity index (χ0v) is 12.1. The molecule has 0 heterocycles. The average Bonchev–Trinajstić information content (AvgIpc) is 2.15. The number of esters is 1. The maximum absolute atomic E-state index is 11.8. The molecule has 0 spiro atoms. The maximum atomic E-state index is 11.8. The topological polar surface area (TPSA) is 43.4 Å². The Hall–Kier alpha value is -0.870. The van der Waals surface area contributed by atoms with Gasteiger partial charge in [-0.2, -0.15) is 0 Å². The standard InChI is InChI=1S/C12H12BrClO3/c1-12(2,3)17-11(16)7-4-5-9(13)8(6-15)10(7)14/h4-6H,1-3H3. The fourth-order valence-electron chi connectivity index (χ4n) is 1.17. The molecule has 0 bridgehead atoms. The summed E-state index contributed by atoms with van der Waals surface area (Å²) in [5.41, 5.74) is -0.170. The van der Waals surface area contributed by atoms with Crippen molar-refractivity contribution >= 4 is 39.8 Å². The molecule has 0 aliphatic rings. The van der Waals surface area contributed by atoms with Crippen LogP contribution in [0.2, 0.25) is 5.02 Å². The Morgan fingerprint density at radius 1 is 1.41 bits per heavy atom. The summed E-state index contributed by atoms with van der Waals surface area (Å²) in [6.07, 6.45) is 0.598. The molecule has 17 heavy (non-hydrogen) atoms. The lowest BCUT2D eigenvalue weighted by atomic mass is 10.1. The summed E-state index contributed by atoms with van der Waals surface area (Å²) in [4.78, 5) is 22.7. The van der Waals surface area contributed by atoms with Gasteiger partial charge in [-0.15, -0.1) is 0 Å². The summed E-state index contributed by atoms with van der Waals surface area (Å²) in [5, 5.41) is 0.101. The normalized spacial score (nSPS) is 11.1. The van der Waals surface area contributed by atoms with Crippen LogP contribution in [0.1, 0.15) is 41.5 Å². The lowest BCUT2D eigenvalue weighted by Crippen LogP contribution is -2.24. The van der Waals surface area contributed by atoms with Gasteiger partial charge in [0.2, 0.25) is 0 Å². The number of carbonyl (C=O) groups excluding carboxylic acids is 2. The highest BCUT2D eigenvalue weighted by atomic mass is 79.9. The highest BCUT2D eigenvalue weighted by molar-refractivity contribution is 9.10. The molecule has 92 valence electrons. The summed E-state index contributed by atoms with van der Waals surface area (Å²) in [7, 11) is 0. The summed E-state index contributed by atoms with van der Waals surface area (Å²) in [6, 6.07) is 3.11. The molecule has 0 atom stereocenters. The number of ether oxygens (including phenoxy) is 1. The molecule has 0 aromatic heterocycles. The van der Waals surface area contributed by atoms with E-state index in [4.69, 9.17) is 16.3 Å². The van der Waals surface area contributed by atoms with Crippen LogP contribution >= 0.6 is 27.5 Å². The van der Waals surface area contributed by atoms with Gasteiger partial charge in [-0.25, -0.2) is 4.79 Å². The Morgan fingerprint density at radius 3 is 2.47 bits per heavy atom. The predicted molar refractivity (Wildman–Crippen MR) is 69.7 cm³/mol. The van der Waals surface area contributed by atoms with E-state index in [1.54, 1.807) is 26.8 Å². The zero-order chi connectivity index (χ0) is 13.2. The van der Waals surface area contributed by atoms with E-state index in [0.717, 1.165) is 0 Å². The van der Waals surface area contributed by atoms with Crippen molar-refractivity contribution in [1.29, 1.82) is 0 Å². The second kappa shape index (κ2) is 5.19. The Bertz CT molecular complexity index is 464. The van der Waals surface area contributed by atoms with E-state index in [1.165, 1.54) is 6.07 Å². The largest absolute Gasteiger partial charge is 0.456 e. The fraction of sp³-hybridized carbons (Fsp3) is 0.333. The third-order valence-corrected chi connectivity index (χ3v) is 2.96. The predicted octanol–water partition coefficient (Wildman–Crippen LogP) is 3.87. The van der Waals surface area contributed by atoms with Gasteiger partial charge >= 0.3 is 5.97 Å². The minimum Gasteiger partial charge on any atom is -0.456 e. The first-order valence-electron chi connectivity index (χ1n) is 4.93. The number of hydrogen-bond acceptors (Lipinski definition) is 3. The quantitative estimate of drug-likeness (QED) is 0.614. The summed E-state index contributed by atoms with van der Waals surface area (Å²) < 4.78 is 5.74. The van der Waals surface area contributed by atoms with Crippen molar-refractivity contribution in [2.75, 3.05) is 0 Å². The molecule has 3 nitrogen and oxygen atoms in total. The lowest BCUT2D eigenvalue weighted by Gasteiger charge is -2.20. The molecule has 5 heteroatoms. The highest BCUT2D eigenvalue weighted by Gasteiger charge is 2.22. The van der Waals surface area contributed by atoms with Crippen LogP contribution in [0.25, 0.3) is 0 Å². The molecular weight excluding hydrogens is 307 g/mol. The molecule has 0 saturated carbocycles. The Morgan fingerprint density at radius 2 is 2.00 bits per heavy atom. The summed E-state index contributed by atoms with van der Waals surface area (Å²) >= 11 is 9.16. The van der Waals surface area contributed by atoms with Crippen LogP contribution in [-0.2, 0) is 4.74 Å². The zero-order valence-electron chi connectivity index (χ0n) is 9.71. The number of carbonyl (C=O) groups is 2. The minimum atomic E-state index is -0.602. The molecule has 1 rings (SSSR count). The van der Waals surface area contributed by atoms with Crippen molar-refractivity contribution in [1.82, 2.24) is 0 Å². The van der Waals surface area contributed by atoms with Crippen molar-refractivity contribution in [2.45, 2.75) is 26.4 Å². The first kappa shape index (κ1) is 14.2. The SMILES string of the molecule is CC(C)(C)OC(=O)c1ccc(Br)c(C=O)c1Cl. The Kier molecular flexibility index (Phi) is 4.33. The molecule has 0 aliphatic heterocycles. The first-order chi connectivity index (χ1) is 7.76. The molecular formula is C12H12BrClO3. The lowest BCUT2D eigenvalue weighted by molar-refractivity contribution is 0.00697. The van der Waals surface area contributed by atoms with Crippen molar-refractivity contribution < 1.29 is 14.3 Å². The van der Waals surface area contributed by atoms with E-state index >= 15 is 0 Å². The fourth-order valence-corrected chi connectivity index (χ4v) is 1.99. The molecule has 0 unspecified atom stereocenters. The van der Waals surface area contributed by atoms with E-state index in [0.29, 0.717) is 10.8 Å². The first-order valence-corrected chi connectivity index (χ1v) is 6.10. The van der Waals surface area contributed by atoms with Crippen LogP contribution in [0.5, 0.6) is 0 Å². The Labute approximate surface area is 113 Å². The van der Waals surface area contributed by atoms with Crippen LogP contribution in [0.3, 0.4) is 0 Å². The molecule has 0 radical (unpaired) electrons. The van der Waals surface area contributed by atoms with Gasteiger partial charge in [0.05, 0.1) is 10.6 Å². The molecule has 0 aliphatic carbocycles. The van der Waals surface area contributed by atoms with Crippen molar-refractivity contribution in [3.05, 3.63) is 32.8 Å². The minimum absolute atomic E-state index is 0.101. The molecule has 0 N–H and O–H groups in total. The summed E-state index contributed by atoms with van der Waals surface area (Å²) in [5.74, 6) is -0.543. The van der Waals surface area contributed by atoms with E-state index in [-0.39, 0.29) is 16.1 Å². The van der Waals surface area contributed by atoms with Crippen molar-refractivity contribution in [3.63, 3.8) is 0 Å². The van der Waals surface area contributed by atoms with Gasteiger partial charge in [0.25, 0.3) is 0 Å².